The SMILES string of the molecule is CNc1ccnc(C(=O)NC(C)C(=O)NC(C)C)c1. The van der Waals surface area contributed by atoms with Gasteiger partial charge in [-0.2, -0.15) is 0 Å². The maximum absolute atomic E-state index is 11.9. The van der Waals surface area contributed by atoms with E-state index in [9.17, 15) is 9.59 Å². The third-order valence-electron chi connectivity index (χ3n) is 2.45. The van der Waals surface area contributed by atoms with Gasteiger partial charge in [0.15, 0.2) is 0 Å². The number of rotatable bonds is 5. The summed E-state index contributed by atoms with van der Waals surface area (Å²) in [6, 6.07) is 2.82. The fourth-order valence-electron chi connectivity index (χ4n) is 1.46. The first-order valence-corrected chi connectivity index (χ1v) is 6.19. The van der Waals surface area contributed by atoms with Gasteiger partial charge in [0.25, 0.3) is 5.91 Å². The third-order valence-corrected chi connectivity index (χ3v) is 2.45. The zero-order valence-corrected chi connectivity index (χ0v) is 11.7. The predicted octanol–water partition coefficient (Wildman–Crippen LogP) is 0.766. The summed E-state index contributed by atoms with van der Waals surface area (Å²) in [5.41, 5.74) is 1.07. The number of hydrogen-bond acceptors (Lipinski definition) is 4. The Morgan fingerprint density at radius 3 is 2.47 bits per heavy atom. The summed E-state index contributed by atoms with van der Waals surface area (Å²) in [5.74, 6) is -0.586. The van der Waals surface area contributed by atoms with Gasteiger partial charge in [-0.25, -0.2) is 0 Å². The van der Waals surface area contributed by atoms with Crippen molar-refractivity contribution >= 4 is 17.5 Å². The number of hydrogen-bond donors (Lipinski definition) is 3. The van der Waals surface area contributed by atoms with Crippen LogP contribution in [0.3, 0.4) is 0 Å². The van der Waals surface area contributed by atoms with Crippen molar-refractivity contribution in [2.75, 3.05) is 12.4 Å². The molecule has 0 saturated heterocycles. The second-order valence-corrected chi connectivity index (χ2v) is 4.54. The largest absolute Gasteiger partial charge is 0.388 e. The summed E-state index contributed by atoms with van der Waals surface area (Å²) in [6.45, 7) is 5.37. The van der Waals surface area contributed by atoms with Crippen molar-refractivity contribution < 1.29 is 9.59 Å². The van der Waals surface area contributed by atoms with Crippen LogP contribution in [0.4, 0.5) is 5.69 Å². The van der Waals surface area contributed by atoms with E-state index in [1.165, 1.54) is 0 Å². The highest BCUT2D eigenvalue weighted by Crippen LogP contribution is 2.06. The van der Waals surface area contributed by atoms with E-state index in [4.69, 9.17) is 0 Å². The topological polar surface area (TPSA) is 83.1 Å². The first-order valence-electron chi connectivity index (χ1n) is 6.19. The Balaban J connectivity index is 2.65. The Kier molecular flexibility index (Phi) is 5.29. The van der Waals surface area contributed by atoms with Crippen LogP contribution < -0.4 is 16.0 Å². The van der Waals surface area contributed by atoms with Crippen molar-refractivity contribution in [2.45, 2.75) is 32.9 Å². The smallest absolute Gasteiger partial charge is 0.270 e. The molecule has 0 saturated carbocycles. The highest BCUT2D eigenvalue weighted by atomic mass is 16.2. The molecule has 0 aromatic carbocycles. The number of aromatic nitrogens is 1. The highest BCUT2D eigenvalue weighted by Gasteiger charge is 2.17. The molecule has 2 amide bonds. The third kappa shape index (κ3) is 4.57. The lowest BCUT2D eigenvalue weighted by molar-refractivity contribution is -0.123. The molecule has 0 bridgehead atoms. The quantitative estimate of drug-likeness (QED) is 0.733. The van der Waals surface area contributed by atoms with Gasteiger partial charge in [0.2, 0.25) is 5.91 Å². The van der Waals surface area contributed by atoms with E-state index in [-0.39, 0.29) is 23.6 Å². The van der Waals surface area contributed by atoms with E-state index in [1.807, 2.05) is 13.8 Å². The van der Waals surface area contributed by atoms with Crippen molar-refractivity contribution in [2.24, 2.45) is 0 Å². The molecule has 6 nitrogen and oxygen atoms in total. The molecule has 1 unspecified atom stereocenters. The minimum absolute atomic E-state index is 0.0394. The minimum atomic E-state index is -0.602. The van der Waals surface area contributed by atoms with E-state index < -0.39 is 6.04 Å². The Morgan fingerprint density at radius 2 is 1.89 bits per heavy atom. The molecule has 3 N–H and O–H groups in total. The maximum Gasteiger partial charge on any atom is 0.270 e. The van der Waals surface area contributed by atoms with Crippen LogP contribution in [0.5, 0.6) is 0 Å². The summed E-state index contributed by atoms with van der Waals surface area (Å²) >= 11 is 0. The van der Waals surface area contributed by atoms with Gasteiger partial charge in [0, 0.05) is 25.0 Å². The van der Waals surface area contributed by atoms with Gasteiger partial charge in [-0.3, -0.25) is 14.6 Å². The number of amides is 2. The van der Waals surface area contributed by atoms with Crippen molar-refractivity contribution in [3.63, 3.8) is 0 Å². The van der Waals surface area contributed by atoms with Gasteiger partial charge in [0.05, 0.1) is 0 Å². The fourth-order valence-corrected chi connectivity index (χ4v) is 1.46. The maximum atomic E-state index is 11.9. The van der Waals surface area contributed by atoms with Crippen molar-refractivity contribution in [1.29, 1.82) is 0 Å². The van der Waals surface area contributed by atoms with E-state index in [2.05, 4.69) is 20.9 Å². The zero-order chi connectivity index (χ0) is 14.4. The van der Waals surface area contributed by atoms with Gasteiger partial charge in [-0.1, -0.05) is 0 Å². The first kappa shape index (κ1) is 14.9. The van der Waals surface area contributed by atoms with Crippen LogP contribution in [0.25, 0.3) is 0 Å². The lowest BCUT2D eigenvalue weighted by Crippen LogP contribution is -2.46. The standard InChI is InChI=1S/C13H20N4O2/c1-8(2)16-12(18)9(3)17-13(19)11-7-10(14-4)5-6-15-11/h5-9H,1-4H3,(H,14,15)(H,16,18)(H,17,19). The van der Waals surface area contributed by atoms with Crippen molar-refractivity contribution in [1.82, 2.24) is 15.6 Å². The second kappa shape index (κ2) is 6.72. The lowest BCUT2D eigenvalue weighted by atomic mass is 10.2. The molecular formula is C13H20N4O2. The van der Waals surface area contributed by atoms with Crippen LogP contribution in [-0.2, 0) is 4.79 Å². The normalized spacial score (nSPS) is 11.8. The Hall–Kier alpha value is -2.11. The summed E-state index contributed by atoms with van der Waals surface area (Å²) in [5, 5.41) is 8.27. The minimum Gasteiger partial charge on any atom is -0.388 e. The van der Waals surface area contributed by atoms with Gasteiger partial charge in [-0.05, 0) is 32.9 Å². The first-order chi connectivity index (χ1) is 8.93. The molecule has 1 rings (SSSR count). The number of anilines is 1. The Bertz CT molecular complexity index is 460. The molecule has 0 fully saturated rings. The molecule has 1 aromatic heterocycles. The summed E-state index contributed by atoms with van der Waals surface area (Å²) in [6.07, 6.45) is 1.54. The molecule has 19 heavy (non-hydrogen) atoms. The molecule has 104 valence electrons. The van der Waals surface area contributed by atoms with E-state index in [1.54, 1.807) is 32.3 Å². The van der Waals surface area contributed by atoms with Gasteiger partial charge < -0.3 is 16.0 Å². The van der Waals surface area contributed by atoms with E-state index in [0.29, 0.717) is 0 Å². The number of carbonyl (C=O) groups excluding carboxylic acids is 2. The number of nitrogens with zero attached hydrogens (tertiary/aromatic N) is 1. The number of nitrogens with one attached hydrogen (secondary N) is 3. The monoisotopic (exact) mass is 264 g/mol. The molecule has 1 atom stereocenters. The van der Waals surface area contributed by atoms with Gasteiger partial charge >= 0.3 is 0 Å². The highest BCUT2D eigenvalue weighted by molar-refractivity contribution is 5.96. The summed E-state index contributed by atoms with van der Waals surface area (Å²) in [4.78, 5) is 27.6. The van der Waals surface area contributed by atoms with Crippen LogP contribution in [0.15, 0.2) is 18.3 Å². The summed E-state index contributed by atoms with van der Waals surface area (Å²) < 4.78 is 0. The molecule has 6 heteroatoms. The number of pyridine rings is 1. The Labute approximate surface area is 113 Å². The molecule has 0 radical (unpaired) electrons. The fraction of sp³-hybridized carbons (Fsp3) is 0.462. The molecule has 0 aliphatic carbocycles. The molecule has 0 aliphatic rings. The molecule has 1 heterocycles. The van der Waals surface area contributed by atoms with Crippen molar-refractivity contribution in [3.05, 3.63) is 24.0 Å². The van der Waals surface area contributed by atoms with Crippen molar-refractivity contribution in [3.8, 4) is 0 Å². The average molecular weight is 264 g/mol. The second-order valence-electron chi connectivity index (χ2n) is 4.54. The van der Waals surface area contributed by atoms with E-state index >= 15 is 0 Å². The molecule has 0 aliphatic heterocycles. The molecular weight excluding hydrogens is 244 g/mol. The Morgan fingerprint density at radius 1 is 1.21 bits per heavy atom. The van der Waals surface area contributed by atoms with Gasteiger partial charge in [0.1, 0.15) is 11.7 Å². The number of carbonyl (C=O) groups is 2. The zero-order valence-electron chi connectivity index (χ0n) is 11.7. The van der Waals surface area contributed by atoms with Crippen LogP contribution in [-0.4, -0.2) is 35.9 Å². The lowest BCUT2D eigenvalue weighted by Gasteiger charge is -2.15. The summed E-state index contributed by atoms with van der Waals surface area (Å²) in [7, 11) is 1.76. The average Bonchev–Trinajstić information content (AvgIpc) is 2.37. The molecule has 1 aromatic rings. The predicted molar refractivity (Wildman–Crippen MR) is 74.0 cm³/mol. The van der Waals surface area contributed by atoms with Crippen LogP contribution in [0.1, 0.15) is 31.3 Å². The molecule has 0 spiro atoms. The van der Waals surface area contributed by atoms with Crippen LogP contribution >= 0.6 is 0 Å². The van der Waals surface area contributed by atoms with E-state index in [0.717, 1.165) is 5.69 Å². The van der Waals surface area contributed by atoms with Crippen LogP contribution in [0, 0.1) is 0 Å². The van der Waals surface area contributed by atoms with Crippen LogP contribution in [0.2, 0.25) is 0 Å². The van der Waals surface area contributed by atoms with Gasteiger partial charge in [-0.15, -0.1) is 0 Å².